The number of amides is 1. The maximum Gasteiger partial charge on any atom is 0.387 e. The van der Waals surface area contributed by atoms with E-state index in [1.54, 1.807) is 16.8 Å². The molecule has 0 unspecified atom stereocenters. The number of aryl methyl sites for hydroxylation is 2. The highest BCUT2D eigenvalue weighted by atomic mass is 19.3. The molecule has 0 aliphatic heterocycles. The third-order valence-electron chi connectivity index (χ3n) is 5.37. The average Bonchev–Trinajstić information content (AvgIpc) is 3.05. The van der Waals surface area contributed by atoms with Gasteiger partial charge in [-0.05, 0) is 49.6 Å². The van der Waals surface area contributed by atoms with Crippen molar-refractivity contribution in [2.45, 2.75) is 52.7 Å². The first-order valence-corrected chi connectivity index (χ1v) is 10.7. The van der Waals surface area contributed by atoms with E-state index in [0.29, 0.717) is 37.1 Å². The van der Waals surface area contributed by atoms with Gasteiger partial charge in [-0.25, -0.2) is 0 Å². The van der Waals surface area contributed by atoms with Crippen molar-refractivity contribution in [2.75, 3.05) is 5.32 Å². The molecule has 3 rings (SSSR count). The molecule has 6 nitrogen and oxygen atoms in total. The smallest absolute Gasteiger partial charge is 0.387 e. The Bertz CT molecular complexity index is 1140. The van der Waals surface area contributed by atoms with E-state index in [1.807, 2.05) is 44.2 Å². The van der Waals surface area contributed by atoms with Crippen LogP contribution in [0.4, 0.5) is 14.5 Å². The molecule has 0 radical (unpaired) electrons. The van der Waals surface area contributed by atoms with Crippen molar-refractivity contribution in [1.29, 1.82) is 5.26 Å². The van der Waals surface area contributed by atoms with Crippen molar-refractivity contribution in [2.24, 2.45) is 0 Å². The summed E-state index contributed by atoms with van der Waals surface area (Å²) in [5.74, 6) is -0.102. The summed E-state index contributed by atoms with van der Waals surface area (Å²) in [6, 6.07) is 16.2. The average molecular weight is 453 g/mol. The fourth-order valence-corrected chi connectivity index (χ4v) is 3.75. The van der Waals surface area contributed by atoms with Gasteiger partial charge in [0.1, 0.15) is 5.75 Å². The molecule has 172 valence electrons. The maximum absolute atomic E-state index is 12.8. The molecule has 0 aliphatic carbocycles. The van der Waals surface area contributed by atoms with Gasteiger partial charge in [0.05, 0.1) is 24.7 Å². The van der Waals surface area contributed by atoms with E-state index in [1.165, 1.54) is 6.07 Å². The van der Waals surface area contributed by atoms with Gasteiger partial charge in [-0.3, -0.25) is 9.48 Å². The van der Waals surface area contributed by atoms with Gasteiger partial charge in [0.25, 0.3) is 0 Å². The molecular weight excluding hydrogens is 426 g/mol. The SMILES string of the molecule is Cc1nn(CCC#N)c(C)c1CCC(=O)Nc1ccc(OC(F)F)c(Cc2ccccc2)c1. The zero-order valence-electron chi connectivity index (χ0n) is 18.6. The Kier molecular flexibility index (Phi) is 8.14. The molecule has 33 heavy (non-hydrogen) atoms. The quantitative estimate of drug-likeness (QED) is 0.460. The molecular formula is C25H26F2N4O2. The molecule has 0 bridgehead atoms. The number of rotatable bonds is 10. The molecule has 0 aliphatic rings. The Morgan fingerprint density at radius 2 is 1.97 bits per heavy atom. The van der Waals surface area contributed by atoms with E-state index >= 15 is 0 Å². The molecule has 3 aromatic rings. The minimum absolute atomic E-state index is 0.0860. The van der Waals surface area contributed by atoms with Crippen LogP contribution in [-0.4, -0.2) is 22.3 Å². The molecule has 8 heteroatoms. The number of nitrogens with zero attached hydrogens (tertiary/aromatic N) is 3. The number of benzene rings is 2. The predicted octanol–water partition coefficient (Wildman–Crippen LogP) is 5.18. The Balaban J connectivity index is 1.69. The van der Waals surface area contributed by atoms with Gasteiger partial charge in [-0.15, -0.1) is 0 Å². The van der Waals surface area contributed by atoms with Gasteiger partial charge >= 0.3 is 6.61 Å². The predicted molar refractivity (Wildman–Crippen MR) is 121 cm³/mol. The standard InChI is InChI=1S/C25H26F2N4O2/c1-17-22(18(2)31(30-17)14-6-13-28)10-12-24(32)29-21-9-11-23(33-25(26)27)20(16-21)15-19-7-4-3-5-8-19/h3-5,7-9,11,16,25H,6,10,12,14-15H2,1-2H3,(H,29,32). The minimum atomic E-state index is -2.93. The molecule has 0 atom stereocenters. The van der Waals surface area contributed by atoms with Crippen molar-refractivity contribution < 1.29 is 18.3 Å². The Hall–Kier alpha value is -3.73. The van der Waals surface area contributed by atoms with Crippen LogP contribution in [0.5, 0.6) is 5.75 Å². The van der Waals surface area contributed by atoms with Gasteiger partial charge in [0.2, 0.25) is 5.91 Å². The normalized spacial score (nSPS) is 10.8. The van der Waals surface area contributed by atoms with E-state index in [9.17, 15) is 13.6 Å². The van der Waals surface area contributed by atoms with Crippen LogP contribution in [0, 0.1) is 25.2 Å². The van der Waals surface area contributed by atoms with Gasteiger partial charge in [0, 0.05) is 29.8 Å². The van der Waals surface area contributed by atoms with Gasteiger partial charge < -0.3 is 10.1 Å². The topological polar surface area (TPSA) is 79.9 Å². The summed E-state index contributed by atoms with van der Waals surface area (Å²) in [6.07, 6.45) is 1.53. The number of aromatic nitrogens is 2. The molecule has 1 N–H and O–H groups in total. The summed E-state index contributed by atoms with van der Waals surface area (Å²) in [5, 5.41) is 16.1. The van der Waals surface area contributed by atoms with Crippen molar-refractivity contribution >= 4 is 11.6 Å². The molecule has 1 heterocycles. The summed E-state index contributed by atoms with van der Waals surface area (Å²) in [4.78, 5) is 12.6. The van der Waals surface area contributed by atoms with E-state index < -0.39 is 6.61 Å². The van der Waals surface area contributed by atoms with Crippen LogP contribution in [0.1, 0.15) is 40.9 Å². The third-order valence-corrected chi connectivity index (χ3v) is 5.37. The summed E-state index contributed by atoms with van der Waals surface area (Å²) in [6.45, 7) is 1.41. The highest BCUT2D eigenvalue weighted by molar-refractivity contribution is 5.91. The second kappa shape index (κ2) is 11.2. The van der Waals surface area contributed by atoms with E-state index in [0.717, 1.165) is 22.5 Å². The lowest BCUT2D eigenvalue weighted by atomic mass is 10.0. The number of hydrogen-bond acceptors (Lipinski definition) is 4. The molecule has 2 aromatic carbocycles. The van der Waals surface area contributed by atoms with Crippen LogP contribution in [0.3, 0.4) is 0 Å². The van der Waals surface area contributed by atoms with Crippen LogP contribution in [0.2, 0.25) is 0 Å². The van der Waals surface area contributed by atoms with E-state index in [2.05, 4.69) is 21.2 Å². The number of carbonyl (C=O) groups is 1. The zero-order valence-corrected chi connectivity index (χ0v) is 18.6. The van der Waals surface area contributed by atoms with Crippen molar-refractivity contribution in [3.05, 3.63) is 76.6 Å². The zero-order chi connectivity index (χ0) is 23.8. The fourth-order valence-electron chi connectivity index (χ4n) is 3.75. The van der Waals surface area contributed by atoms with Crippen LogP contribution in [0.15, 0.2) is 48.5 Å². The third kappa shape index (κ3) is 6.62. The van der Waals surface area contributed by atoms with E-state index in [4.69, 9.17) is 5.26 Å². The number of hydrogen-bond donors (Lipinski definition) is 1. The number of ether oxygens (including phenoxy) is 1. The lowest BCUT2D eigenvalue weighted by Gasteiger charge is -2.14. The lowest BCUT2D eigenvalue weighted by molar-refractivity contribution is -0.116. The minimum Gasteiger partial charge on any atom is -0.435 e. The van der Waals surface area contributed by atoms with Crippen molar-refractivity contribution in [3.8, 4) is 11.8 Å². The second-order valence-corrected chi connectivity index (χ2v) is 7.69. The summed E-state index contributed by atoms with van der Waals surface area (Å²) < 4.78 is 32.1. The van der Waals surface area contributed by atoms with Crippen molar-refractivity contribution in [3.63, 3.8) is 0 Å². The second-order valence-electron chi connectivity index (χ2n) is 7.69. The summed E-state index contributed by atoms with van der Waals surface area (Å²) >= 11 is 0. The lowest BCUT2D eigenvalue weighted by Crippen LogP contribution is -2.13. The van der Waals surface area contributed by atoms with Gasteiger partial charge in [0.15, 0.2) is 0 Å². The molecule has 0 saturated carbocycles. The van der Waals surface area contributed by atoms with Crippen LogP contribution >= 0.6 is 0 Å². The van der Waals surface area contributed by atoms with Crippen molar-refractivity contribution in [1.82, 2.24) is 9.78 Å². The number of nitrogens with one attached hydrogen (secondary N) is 1. The molecule has 1 aromatic heterocycles. The largest absolute Gasteiger partial charge is 0.435 e. The first-order chi connectivity index (χ1) is 15.9. The van der Waals surface area contributed by atoms with E-state index in [-0.39, 0.29) is 18.1 Å². The molecule has 0 fully saturated rings. The molecule has 1 amide bonds. The molecule has 0 spiro atoms. The first kappa shape index (κ1) is 23.9. The number of anilines is 1. The Morgan fingerprint density at radius 3 is 2.67 bits per heavy atom. The number of carbonyl (C=O) groups excluding carboxylic acids is 1. The highest BCUT2D eigenvalue weighted by Gasteiger charge is 2.15. The van der Waals surface area contributed by atoms with Gasteiger partial charge in [-0.1, -0.05) is 30.3 Å². The fraction of sp³-hybridized carbons (Fsp3) is 0.320. The highest BCUT2D eigenvalue weighted by Crippen LogP contribution is 2.27. The number of halogens is 2. The Labute approximate surface area is 191 Å². The maximum atomic E-state index is 12.8. The first-order valence-electron chi connectivity index (χ1n) is 10.7. The van der Waals surface area contributed by atoms with Crippen LogP contribution in [0.25, 0.3) is 0 Å². The molecule has 0 saturated heterocycles. The van der Waals surface area contributed by atoms with Crippen LogP contribution in [-0.2, 0) is 24.2 Å². The monoisotopic (exact) mass is 452 g/mol. The van der Waals surface area contributed by atoms with Crippen LogP contribution < -0.4 is 10.1 Å². The summed E-state index contributed by atoms with van der Waals surface area (Å²) in [7, 11) is 0. The number of nitriles is 1. The Morgan fingerprint density at radius 1 is 1.21 bits per heavy atom. The number of alkyl halides is 2. The summed E-state index contributed by atoms with van der Waals surface area (Å²) in [5.41, 5.74) is 4.81. The van der Waals surface area contributed by atoms with Gasteiger partial charge in [-0.2, -0.15) is 19.1 Å².